The average Bonchev–Trinajstić information content (AvgIpc) is 2.57. The van der Waals surface area contributed by atoms with Crippen molar-refractivity contribution in [3.63, 3.8) is 0 Å². The molecule has 2 heteroatoms. The molecule has 0 saturated carbocycles. The summed E-state index contributed by atoms with van der Waals surface area (Å²) in [6.45, 7) is 0. The molecule has 22 heavy (non-hydrogen) atoms. The van der Waals surface area contributed by atoms with Gasteiger partial charge < -0.3 is 0 Å². The second kappa shape index (κ2) is 6.71. The van der Waals surface area contributed by atoms with Gasteiger partial charge in [0.1, 0.15) is 0 Å². The molecule has 0 N–H and O–H groups in total. The van der Waals surface area contributed by atoms with Crippen LogP contribution in [-0.2, 0) is 6.42 Å². The van der Waals surface area contributed by atoms with Gasteiger partial charge in [-0.3, -0.25) is 4.79 Å². The molecule has 0 aliphatic heterocycles. The summed E-state index contributed by atoms with van der Waals surface area (Å²) in [5.41, 5.74) is 4.13. The zero-order valence-electron chi connectivity index (χ0n) is 12.0. The fraction of sp³-hybridized carbons (Fsp3) is 0.0500. The van der Waals surface area contributed by atoms with E-state index in [1.165, 1.54) is 5.56 Å². The lowest BCUT2D eigenvalue weighted by Crippen LogP contribution is -2.02. The van der Waals surface area contributed by atoms with E-state index in [0.717, 1.165) is 21.2 Å². The van der Waals surface area contributed by atoms with Crippen LogP contribution in [0.4, 0.5) is 0 Å². The topological polar surface area (TPSA) is 17.1 Å². The largest absolute Gasteiger partial charge is 0.294 e. The van der Waals surface area contributed by atoms with Crippen molar-refractivity contribution in [2.24, 2.45) is 0 Å². The van der Waals surface area contributed by atoms with Crippen LogP contribution in [0.15, 0.2) is 83.3 Å². The van der Waals surface area contributed by atoms with E-state index in [4.69, 9.17) is 0 Å². The van der Waals surface area contributed by atoms with E-state index in [2.05, 4.69) is 40.2 Å². The van der Waals surface area contributed by atoms with E-state index >= 15 is 0 Å². The summed E-state index contributed by atoms with van der Waals surface area (Å²) in [7, 11) is 0. The molecule has 0 spiro atoms. The highest BCUT2D eigenvalue weighted by molar-refractivity contribution is 9.10. The number of hydrogen-bond acceptors (Lipinski definition) is 1. The molecule has 3 rings (SSSR count). The molecule has 0 saturated heterocycles. The van der Waals surface area contributed by atoms with Crippen molar-refractivity contribution in [2.45, 2.75) is 6.42 Å². The van der Waals surface area contributed by atoms with Crippen molar-refractivity contribution in [1.82, 2.24) is 0 Å². The van der Waals surface area contributed by atoms with Crippen LogP contribution in [0, 0.1) is 0 Å². The lowest BCUT2D eigenvalue weighted by molar-refractivity contribution is 0.0993. The molecule has 0 unspecified atom stereocenters. The van der Waals surface area contributed by atoms with Gasteiger partial charge >= 0.3 is 0 Å². The molecular formula is C20H15BrO. The van der Waals surface area contributed by atoms with Gasteiger partial charge in [0.2, 0.25) is 0 Å². The van der Waals surface area contributed by atoms with Crippen LogP contribution in [0.1, 0.15) is 15.9 Å². The van der Waals surface area contributed by atoms with Crippen LogP contribution in [0.3, 0.4) is 0 Å². The van der Waals surface area contributed by atoms with E-state index in [-0.39, 0.29) is 5.78 Å². The van der Waals surface area contributed by atoms with Gasteiger partial charge in [0.25, 0.3) is 0 Å². The van der Waals surface area contributed by atoms with E-state index in [0.29, 0.717) is 6.42 Å². The van der Waals surface area contributed by atoms with Gasteiger partial charge in [0.15, 0.2) is 5.78 Å². The van der Waals surface area contributed by atoms with Gasteiger partial charge in [0, 0.05) is 16.5 Å². The molecule has 0 fully saturated rings. The maximum atomic E-state index is 12.2. The van der Waals surface area contributed by atoms with Crippen LogP contribution < -0.4 is 0 Å². The Labute approximate surface area is 138 Å². The molecule has 0 amide bonds. The highest BCUT2D eigenvalue weighted by Gasteiger charge is 2.06. The van der Waals surface area contributed by atoms with E-state index < -0.39 is 0 Å². The maximum absolute atomic E-state index is 12.2. The second-order valence-corrected chi connectivity index (χ2v) is 6.09. The summed E-state index contributed by atoms with van der Waals surface area (Å²) in [5, 5.41) is 0. The van der Waals surface area contributed by atoms with E-state index in [1.807, 2.05) is 54.6 Å². The fourth-order valence-electron chi connectivity index (χ4n) is 2.37. The maximum Gasteiger partial charge on any atom is 0.167 e. The van der Waals surface area contributed by atoms with Crippen LogP contribution in [0.25, 0.3) is 11.1 Å². The van der Waals surface area contributed by atoms with Gasteiger partial charge in [-0.2, -0.15) is 0 Å². The first-order valence-electron chi connectivity index (χ1n) is 7.15. The average molecular weight is 351 g/mol. The van der Waals surface area contributed by atoms with Crippen molar-refractivity contribution >= 4 is 21.7 Å². The Morgan fingerprint density at radius 1 is 0.727 bits per heavy atom. The number of hydrogen-bond donors (Lipinski definition) is 0. The molecule has 1 nitrogen and oxygen atoms in total. The number of carbonyl (C=O) groups excluding carboxylic acids is 1. The predicted molar refractivity (Wildman–Crippen MR) is 94.1 cm³/mol. The summed E-state index contributed by atoms with van der Waals surface area (Å²) in [6.07, 6.45) is 0.435. The Bertz CT molecular complexity index is 759. The second-order valence-electron chi connectivity index (χ2n) is 5.17. The minimum Gasteiger partial charge on any atom is -0.294 e. The van der Waals surface area contributed by atoms with Gasteiger partial charge in [-0.25, -0.2) is 0 Å². The first-order valence-corrected chi connectivity index (χ1v) is 7.95. The third-order valence-electron chi connectivity index (χ3n) is 3.59. The first-order chi connectivity index (χ1) is 10.7. The number of rotatable bonds is 4. The Morgan fingerprint density at radius 2 is 1.27 bits per heavy atom. The number of Topliss-reactive ketones (excluding diaryl/α,β-unsaturated/α-hetero) is 1. The zero-order chi connectivity index (χ0) is 15.4. The Balaban J connectivity index is 1.74. The Morgan fingerprint density at radius 3 is 1.86 bits per heavy atom. The van der Waals surface area contributed by atoms with Gasteiger partial charge in [-0.15, -0.1) is 0 Å². The minimum absolute atomic E-state index is 0.150. The summed E-state index contributed by atoms with van der Waals surface area (Å²) in [5.74, 6) is 0.150. The number of ketones is 1. The number of benzene rings is 3. The van der Waals surface area contributed by atoms with E-state index in [1.54, 1.807) is 0 Å². The van der Waals surface area contributed by atoms with Crippen molar-refractivity contribution in [3.05, 3.63) is 94.5 Å². The standard InChI is InChI=1S/C20H15BrO/c21-19-12-10-17(11-13-19)16-8-6-15(7-9-16)14-20(22)18-4-2-1-3-5-18/h1-13H,14H2. The quantitative estimate of drug-likeness (QED) is 0.564. The molecule has 0 bridgehead atoms. The zero-order valence-corrected chi connectivity index (χ0v) is 13.6. The highest BCUT2D eigenvalue weighted by Crippen LogP contribution is 2.22. The monoisotopic (exact) mass is 350 g/mol. The molecule has 3 aromatic carbocycles. The molecule has 108 valence electrons. The molecule has 0 aromatic heterocycles. The molecule has 0 heterocycles. The van der Waals surface area contributed by atoms with Crippen LogP contribution in [-0.4, -0.2) is 5.78 Å². The lowest BCUT2D eigenvalue weighted by atomic mass is 10.00. The summed E-state index contributed by atoms with van der Waals surface area (Å²) in [4.78, 5) is 12.2. The van der Waals surface area contributed by atoms with Crippen molar-refractivity contribution in [3.8, 4) is 11.1 Å². The van der Waals surface area contributed by atoms with Crippen molar-refractivity contribution in [2.75, 3.05) is 0 Å². The van der Waals surface area contributed by atoms with Gasteiger partial charge in [-0.1, -0.05) is 82.7 Å². The van der Waals surface area contributed by atoms with Gasteiger partial charge in [0.05, 0.1) is 0 Å². The molecule has 0 aliphatic carbocycles. The Hall–Kier alpha value is -2.19. The van der Waals surface area contributed by atoms with E-state index in [9.17, 15) is 4.79 Å². The summed E-state index contributed by atoms with van der Waals surface area (Å²) < 4.78 is 1.07. The predicted octanol–water partition coefficient (Wildman–Crippen LogP) is 5.54. The highest BCUT2D eigenvalue weighted by atomic mass is 79.9. The Kier molecular flexibility index (Phi) is 4.50. The van der Waals surface area contributed by atoms with Gasteiger partial charge in [-0.05, 0) is 28.8 Å². The minimum atomic E-state index is 0.150. The normalized spacial score (nSPS) is 10.4. The van der Waals surface area contributed by atoms with Crippen molar-refractivity contribution in [1.29, 1.82) is 0 Å². The summed E-state index contributed by atoms with van der Waals surface area (Å²) >= 11 is 3.44. The molecular weight excluding hydrogens is 336 g/mol. The third-order valence-corrected chi connectivity index (χ3v) is 4.12. The third kappa shape index (κ3) is 3.52. The molecule has 0 aliphatic rings. The number of halogens is 1. The van der Waals surface area contributed by atoms with Crippen LogP contribution in [0.5, 0.6) is 0 Å². The smallest absolute Gasteiger partial charge is 0.167 e. The van der Waals surface area contributed by atoms with Crippen LogP contribution in [0.2, 0.25) is 0 Å². The first kappa shape index (κ1) is 14.7. The fourth-order valence-corrected chi connectivity index (χ4v) is 2.63. The SMILES string of the molecule is O=C(Cc1ccc(-c2ccc(Br)cc2)cc1)c1ccccc1. The van der Waals surface area contributed by atoms with Crippen LogP contribution >= 0.6 is 15.9 Å². The number of carbonyl (C=O) groups is 1. The van der Waals surface area contributed by atoms with Crippen molar-refractivity contribution < 1.29 is 4.79 Å². The lowest BCUT2D eigenvalue weighted by Gasteiger charge is -2.05. The molecule has 0 radical (unpaired) electrons. The summed E-state index contributed by atoms with van der Waals surface area (Å²) in [6, 6.07) is 25.8. The molecule has 3 aromatic rings. The molecule has 0 atom stereocenters.